The molecule has 1 aromatic carbocycles. The molecule has 0 fully saturated rings. The summed E-state index contributed by atoms with van der Waals surface area (Å²) >= 11 is 6.68. The highest BCUT2D eigenvalue weighted by atomic mass is 79.9. The van der Waals surface area contributed by atoms with Gasteiger partial charge in [0.15, 0.2) is 0 Å². The van der Waals surface area contributed by atoms with Gasteiger partial charge < -0.3 is 9.74 Å². The van der Waals surface area contributed by atoms with Gasteiger partial charge in [0.25, 0.3) is 8.32 Å². The van der Waals surface area contributed by atoms with Crippen molar-refractivity contribution in [3.8, 4) is 5.75 Å². The Morgan fingerprint density at radius 3 is 2.04 bits per heavy atom. The quantitative estimate of drug-likeness (QED) is 0.377. The number of rotatable bonds is 7. The Morgan fingerprint density at radius 1 is 1.13 bits per heavy atom. The normalized spacial score (nSPS) is 12.1. The van der Waals surface area contributed by atoms with Gasteiger partial charge in [0.1, 0.15) is 5.75 Å². The number of carbonyl (C=O) groups is 1. The minimum absolute atomic E-state index is 0.0744. The predicted molar refractivity (Wildman–Crippen MR) is 108 cm³/mol. The van der Waals surface area contributed by atoms with E-state index in [9.17, 15) is 4.79 Å². The number of nitrogens with one attached hydrogen (secondary N) is 1. The number of benzene rings is 1. The Hall–Kier alpha value is -0.333. The molecule has 0 unspecified atom stereocenters. The van der Waals surface area contributed by atoms with Crippen LogP contribution in [-0.4, -0.2) is 19.6 Å². The van der Waals surface area contributed by atoms with Crippen molar-refractivity contribution < 1.29 is 9.22 Å². The minimum Gasteiger partial charge on any atom is -0.543 e. The fourth-order valence-electron chi connectivity index (χ4n) is 3.40. The number of anilines is 1. The molecule has 0 bridgehead atoms. The highest BCUT2D eigenvalue weighted by molar-refractivity contribution is 9.10. The van der Waals surface area contributed by atoms with Gasteiger partial charge >= 0.3 is 0 Å². The third-order valence-electron chi connectivity index (χ3n) is 4.34. The molecule has 0 aliphatic carbocycles. The van der Waals surface area contributed by atoms with Gasteiger partial charge in [-0.15, -0.1) is 0 Å². The van der Waals surface area contributed by atoms with E-state index in [0.717, 1.165) is 15.9 Å². The molecule has 0 spiro atoms. The third kappa shape index (κ3) is 4.83. The van der Waals surface area contributed by atoms with Crippen LogP contribution in [0, 0.1) is 0 Å². The summed E-state index contributed by atoms with van der Waals surface area (Å²) in [5, 5.41) is 3.12. The predicted octanol–water partition coefficient (Wildman–Crippen LogP) is 6.34. The summed E-state index contributed by atoms with van der Waals surface area (Å²) in [5.74, 6) is 0.797. The van der Waals surface area contributed by atoms with Gasteiger partial charge in [0, 0.05) is 4.47 Å². The van der Waals surface area contributed by atoms with E-state index in [2.05, 4.69) is 78.7 Å². The first-order valence-electron chi connectivity index (χ1n) is 7.99. The molecule has 0 radical (unpaired) electrons. The molecule has 0 atom stereocenters. The van der Waals surface area contributed by atoms with E-state index in [1.165, 1.54) is 0 Å². The van der Waals surface area contributed by atoms with Crippen molar-refractivity contribution in [1.29, 1.82) is 0 Å². The number of halogens is 2. The molecule has 0 saturated carbocycles. The summed E-state index contributed by atoms with van der Waals surface area (Å²) < 4.78 is 7.48. The fourth-order valence-corrected chi connectivity index (χ4v) is 9.24. The molecule has 0 aliphatic heterocycles. The van der Waals surface area contributed by atoms with E-state index in [0.29, 0.717) is 16.6 Å². The van der Waals surface area contributed by atoms with Crippen LogP contribution in [0.15, 0.2) is 22.7 Å². The largest absolute Gasteiger partial charge is 0.543 e. The van der Waals surface area contributed by atoms with Crippen molar-refractivity contribution in [3.63, 3.8) is 0 Å². The van der Waals surface area contributed by atoms with Crippen LogP contribution in [0.2, 0.25) is 16.6 Å². The van der Waals surface area contributed by atoms with Crippen LogP contribution < -0.4 is 9.74 Å². The maximum Gasteiger partial charge on any atom is 0.258 e. The maximum atomic E-state index is 11.5. The lowest BCUT2D eigenvalue weighted by atomic mass is 10.3. The van der Waals surface area contributed by atoms with E-state index in [1.54, 1.807) is 0 Å². The smallest absolute Gasteiger partial charge is 0.258 e. The lowest BCUT2D eigenvalue weighted by molar-refractivity contribution is -0.113. The van der Waals surface area contributed by atoms with Gasteiger partial charge in [-0.2, -0.15) is 0 Å². The van der Waals surface area contributed by atoms with Crippen LogP contribution in [-0.2, 0) is 4.79 Å². The second-order valence-corrected chi connectivity index (χ2v) is 13.5. The first-order chi connectivity index (χ1) is 10.6. The Kier molecular flexibility index (Phi) is 7.81. The second kappa shape index (κ2) is 8.67. The summed E-state index contributed by atoms with van der Waals surface area (Å²) in [6.45, 7) is 13.6. The van der Waals surface area contributed by atoms with Gasteiger partial charge in [-0.3, -0.25) is 4.79 Å². The molecule has 0 aromatic heterocycles. The minimum atomic E-state index is -1.96. The number of amides is 1. The second-order valence-electron chi connectivity index (χ2n) is 6.74. The summed E-state index contributed by atoms with van der Waals surface area (Å²) in [5.41, 5.74) is 2.32. The van der Waals surface area contributed by atoms with E-state index in [4.69, 9.17) is 4.43 Å². The van der Waals surface area contributed by atoms with Crippen LogP contribution in [0.4, 0.5) is 5.69 Å². The Morgan fingerprint density at radius 2 is 1.65 bits per heavy atom. The van der Waals surface area contributed by atoms with Gasteiger partial charge in [0.2, 0.25) is 5.91 Å². The highest BCUT2D eigenvalue weighted by Crippen LogP contribution is 2.43. The average molecular weight is 465 g/mol. The molecular weight excluding hydrogens is 438 g/mol. The molecule has 23 heavy (non-hydrogen) atoms. The van der Waals surface area contributed by atoms with E-state index in [1.807, 2.05) is 18.2 Å². The third-order valence-corrected chi connectivity index (χ3v) is 11.5. The van der Waals surface area contributed by atoms with Crippen molar-refractivity contribution in [2.45, 2.75) is 58.2 Å². The molecule has 1 aromatic rings. The van der Waals surface area contributed by atoms with Crippen molar-refractivity contribution in [2.75, 3.05) is 10.6 Å². The number of alkyl halides is 1. The number of hydrogen-bond acceptors (Lipinski definition) is 2. The summed E-state index contributed by atoms with van der Waals surface area (Å²) in [6.07, 6.45) is 0. The van der Waals surface area contributed by atoms with Gasteiger partial charge in [-0.1, -0.05) is 57.5 Å². The Balaban J connectivity index is 3.11. The van der Waals surface area contributed by atoms with Crippen LogP contribution in [0.1, 0.15) is 41.5 Å². The lowest BCUT2D eigenvalue weighted by Crippen LogP contribution is -2.50. The standard InChI is InChI=1S/C17H27Br2NO2Si/c1-11(2)23(12(3)4,13(5)6)22-14-7-8-16(15(19)9-14)20-17(21)10-18/h7-9,11-13H,10H2,1-6H3,(H,20,21). The molecule has 0 aliphatic rings. The molecule has 0 saturated heterocycles. The average Bonchev–Trinajstić information content (AvgIpc) is 2.45. The molecule has 3 nitrogen and oxygen atoms in total. The first kappa shape index (κ1) is 20.7. The van der Waals surface area contributed by atoms with Crippen molar-refractivity contribution in [1.82, 2.24) is 0 Å². The van der Waals surface area contributed by atoms with Crippen molar-refractivity contribution in [2.24, 2.45) is 0 Å². The zero-order chi connectivity index (χ0) is 17.8. The van der Waals surface area contributed by atoms with Crippen LogP contribution in [0.25, 0.3) is 0 Å². The molecule has 0 heterocycles. The maximum absolute atomic E-state index is 11.5. The monoisotopic (exact) mass is 463 g/mol. The van der Waals surface area contributed by atoms with Crippen LogP contribution in [0.5, 0.6) is 5.75 Å². The molecule has 1 N–H and O–H groups in total. The fraction of sp³-hybridized carbons (Fsp3) is 0.588. The highest BCUT2D eigenvalue weighted by Gasteiger charge is 2.47. The van der Waals surface area contributed by atoms with Crippen LogP contribution in [0.3, 0.4) is 0 Å². The number of hydrogen-bond donors (Lipinski definition) is 1. The van der Waals surface area contributed by atoms with E-state index < -0.39 is 8.32 Å². The van der Waals surface area contributed by atoms with E-state index >= 15 is 0 Å². The van der Waals surface area contributed by atoms with Crippen LogP contribution >= 0.6 is 31.9 Å². The van der Waals surface area contributed by atoms with Crippen molar-refractivity contribution >= 4 is 51.8 Å². The zero-order valence-corrected chi connectivity index (χ0v) is 18.9. The molecule has 6 heteroatoms. The number of carbonyl (C=O) groups excluding carboxylic acids is 1. The van der Waals surface area contributed by atoms with Gasteiger partial charge in [0.05, 0.1) is 11.0 Å². The molecule has 1 amide bonds. The molecular formula is C17H27Br2NO2Si. The van der Waals surface area contributed by atoms with Crippen molar-refractivity contribution in [3.05, 3.63) is 22.7 Å². The summed E-state index contributed by atoms with van der Waals surface area (Å²) in [6, 6.07) is 5.79. The van der Waals surface area contributed by atoms with E-state index in [-0.39, 0.29) is 11.2 Å². The molecule has 1 rings (SSSR count). The van der Waals surface area contributed by atoms with Gasteiger partial charge in [-0.25, -0.2) is 0 Å². The SMILES string of the molecule is CC(C)[Si](Oc1ccc(NC(=O)CBr)c(Br)c1)(C(C)C)C(C)C. The Bertz CT molecular complexity index is 526. The zero-order valence-electron chi connectivity index (χ0n) is 14.7. The van der Waals surface area contributed by atoms with Gasteiger partial charge in [-0.05, 0) is 50.8 Å². The molecule has 130 valence electrons. The first-order valence-corrected chi connectivity index (χ1v) is 12.0. The summed E-state index contributed by atoms with van der Waals surface area (Å²) in [4.78, 5) is 11.5. The lowest BCUT2D eigenvalue weighted by Gasteiger charge is -2.42. The topological polar surface area (TPSA) is 38.3 Å². The summed E-state index contributed by atoms with van der Waals surface area (Å²) in [7, 11) is -1.96. The Labute approximate surface area is 158 Å².